The summed E-state index contributed by atoms with van der Waals surface area (Å²) in [5, 5.41) is 4.04. The second-order valence-corrected chi connectivity index (χ2v) is 5.06. The van der Waals surface area contributed by atoms with Crippen LogP contribution in [-0.2, 0) is 0 Å². The number of nitrogens with two attached hydrogens (primary N) is 1. The number of pyridine rings is 1. The van der Waals surface area contributed by atoms with Gasteiger partial charge in [0.15, 0.2) is 0 Å². The Labute approximate surface area is 112 Å². The molecule has 1 fully saturated rings. The van der Waals surface area contributed by atoms with Gasteiger partial charge in [-0.1, -0.05) is 24.1 Å². The van der Waals surface area contributed by atoms with Gasteiger partial charge in [-0.05, 0) is 37.4 Å². The van der Waals surface area contributed by atoms with Crippen molar-refractivity contribution >= 4 is 0 Å². The summed E-state index contributed by atoms with van der Waals surface area (Å²) in [5.41, 5.74) is 6.59. The lowest BCUT2D eigenvalue weighted by atomic mass is 9.79. The van der Waals surface area contributed by atoms with E-state index < -0.39 is 0 Å². The minimum atomic E-state index is 0.309. The number of aromatic nitrogens is 3. The van der Waals surface area contributed by atoms with Gasteiger partial charge in [-0.2, -0.15) is 4.98 Å². The van der Waals surface area contributed by atoms with E-state index in [-0.39, 0.29) is 0 Å². The van der Waals surface area contributed by atoms with Crippen molar-refractivity contribution in [1.29, 1.82) is 0 Å². The fourth-order valence-corrected chi connectivity index (χ4v) is 2.80. The van der Waals surface area contributed by atoms with Crippen LogP contribution in [0.15, 0.2) is 28.9 Å². The van der Waals surface area contributed by atoms with E-state index in [9.17, 15) is 0 Å². The molecule has 5 nitrogen and oxygen atoms in total. The third-order valence-electron chi connectivity index (χ3n) is 3.86. The van der Waals surface area contributed by atoms with Gasteiger partial charge < -0.3 is 10.3 Å². The van der Waals surface area contributed by atoms with Crippen LogP contribution < -0.4 is 5.73 Å². The molecule has 2 N–H and O–H groups in total. The quantitative estimate of drug-likeness (QED) is 0.914. The molecule has 0 aliphatic heterocycles. The van der Waals surface area contributed by atoms with Crippen LogP contribution >= 0.6 is 0 Å². The fourth-order valence-electron chi connectivity index (χ4n) is 2.80. The van der Waals surface area contributed by atoms with Crippen molar-refractivity contribution in [3.63, 3.8) is 0 Å². The number of hydrogen-bond acceptors (Lipinski definition) is 5. The molecule has 2 unspecified atom stereocenters. The summed E-state index contributed by atoms with van der Waals surface area (Å²) < 4.78 is 5.43. The summed E-state index contributed by atoms with van der Waals surface area (Å²) in [6.45, 7) is 0.686. The molecule has 100 valence electrons. The Morgan fingerprint density at radius 3 is 2.95 bits per heavy atom. The zero-order valence-electron chi connectivity index (χ0n) is 10.8. The van der Waals surface area contributed by atoms with E-state index in [1.54, 1.807) is 6.20 Å². The smallest absolute Gasteiger partial charge is 0.230 e. The first-order valence-electron chi connectivity index (χ1n) is 6.83. The highest BCUT2D eigenvalue weighted by Crippen LogP contribution is 2.36. The maximum atomic E-state index is 5.85. The van der Waals surface area contributed by atoms with Gasteiger partial charge in [-0.25, -0.2) is 0 Å². The molecule has 0 radical (unpaired) electrons. The van der Waals surface area contributed by atoms with Crippen molar-refractivity contribution in [2.24, 2.45) is 11.7 Å². The molecular weight excluding hydrogens is 240 g/mol. The normalized spacial score (nSPS) is 23.4. The lowest BCUT2D eigenvalue weighted by Crippen LogP contribution is -2.25. The predicted molar refractivity (Wildman–Crippen MR) is 71.3 cm³/mol. The van der Waals surface area contributed by atoms with Gasteiger partial charge in [0, 0.05) is 12.1 Å². The van der Waals surface area contributed by atoms with Crippen LogP contribution in [0.1, 0.15) is 37.5 Å². The molecule has 0 amide bonds. The molecule has 2 atom stereocenters. The molecule has 2 heterocycles. The van der Waals surface area contributed by atoms with E-state index in [0.717, 1.165) is 24.4 Å². The van der Waals surface area contributed by atoms with Crippen molar-refractivity contribution in [2.75, 3.05) is 6.54 Å². The predicted octanol–water partition coefficient (Wildman–Crippen LogP) is 2.36. The van der Waals surface area contributed by atoms with Gasteiger partial charge in [-0.15, -0.1) is 0 Å². The summed E-state index contributed by atoms with van der Waals surface area (Å²) in [6, 6.07) is 5.67. The van der Waals surface area contributed by atoms with Gasteiger partial charge in [0.25, 0.3) is 0 Å². The first-order valence-corrected chi connectivity index (χ1v) is 6.83. The summed E-state index contributed by atoms with van der Waals surface area (Å²) in [7, 11) is 0. The molecule has 1 aliphatic carbocycles. The molecule has 1 aliphatic rings. The lowest BCUT2D eigenvalue weighted by Gasteiger charge is -2.27. The van der Waals surface area contributed by atoms with Crippen LogP contribution in [0.2, 0.25) is 0 Å². The van der Waals surface area contributed by atoms with E-state index in [1.165, 1.54) is 12.8 Å². The average molecular weight is 258 g/mol. The third-order valence-corrected chi connectivity index (χ3v) is 3.86. The molecule has 3 rings (SSSR count). The zero-order chi connectivity index (χ0) is 13.1. The summed E-state index contributed by atoms with van der Waals surface area (Å²) in [6.07, 6.45) is 6.44. The van der Waals surface area contributed by atoms with Gasteiger partial charge >= 0.3 is 0 Å². The molecule has 2 aromatic rings. The first-order chi connectivity index (χ1) is 9.38. The molecule has 0 aromatic carbocycles. The van der Waals surface area contributed by atoms with E-state index >= 15 is 0 Å². The van der Waals surface area contributed by atoms with E-state index in [4.69, 9.17) is 10.3 Å². The first kappa shape index (κ1) is 12.3. The Bertz CT molecular complexity index is 525. The zero-order valence-corrected chi connectivity index (χ0v) is 10.8. The van der Waals surface area contributed by atoms with Crippen LogP contribution in [0.5, 0.6) is 0 Å². The Hall–Kier alpha value is -1.75. The molecule has 0 bridgehead atoms. The number of hydrogen-bond donors (Lipinski definition) is 1. The number of rotatable bonds is 3. The monoisotopic (exact) mass is 258 g/mol. The van der Waals surface area contributed by atoms with Gasteiger partial charge in [-0.3, -0.25) is 4.98 Å². The van der Waals surface area contributed by atoms with E-state index in [1.807, 2.05) is 18.2 Å². The second kappa shape index (κ2) is 5.48. The minimum absolute atomic E-state index is 0.309. The molecule has 1 saturated carbocycles. The molecule has 0 saturated heterocycles. The number of nitrogens with zero attached hydrogens (tertiary/aromatic N) is 3. The van der Waals surface area contributed by atoms with Crippen LogP contribution in [0, 0.1) is 5.92 Å². The van der Waals surface area contributed by atoms with E-state index in [2.05, 4.69) is 15.1 Å². The Morgan fingerprint density at radius 2 is 2.16 bits per heavy atom. The second-order valence-electron chi connectivity index (χ2n) is 5.06. The summed E-state index contributed by atoms with van der Waals surface area (Å²) >= 11 is 0. The fraction of sp³-hybridized carbons (Fsp3) is 0.500. The van der Waals surface area contributed by atoms with Crippen molar-refractivity contribution in [3.8, 4) is 11.5 Å². The highest BCUT2D eigenvalue weighted by molar-refractivity contribution is 5.47. The average Bonchev–Trinajstić information content (AvgIpc) is 2.98. The topological polar surface area (TPSA) is 77.8 Å². The van der Waals surface area contributed by atoms with E-state index in [0.29, 0.717) is 24.2 Å². The molecule has 0 spiro atoms. The van der Waals surface area contributed by atoms with Crippen molar-refractivity contribution in [3.05, 3.63) is 30.3 Å². The van der Waals surface area contributed by atoms with Gasteiger partial charge in [0.05, 0.1) is 0 Å². The van der Waals surface area contributed by atoms with Crippen LogP contribution in [0.25, 0.3) is 11.5 Å². The Morgan fingerprint density at radius 1 is 1.26 bits per heavy atom. The van der Waals surface area contributed by atoms with Crippen LogP contribution in [-0.4, -0.2) is 21.7 Å². The highest BCUT2D eigenvalue weighted by Gasteiger charge is 2.30. The lowest BCUT2D eigenvalue weighted by molar-refractivity contribution is 0.249. The molecular formula is C14H18N4O. The maximum absolute atomic E-state index is 5.85. The largest absolute Gasteiger partial charge is 0.339 e. The standard InChI is InChI=1S/C14H18N4O/c15-9-10-5-1-2-6-11(10)14-17-13(18-19-14)12-7-3-4-8-16-12/h3-4,7-8,10-11H,1-2,5-6,9,15H2. The minimum Gasteiger partial charge on any atom is -0.339 e. The van der Waals surface area contributed by atoms with Crippen LogP contribution in [0.4, 0.5) is 0 Å². The Kier molecular flexibility index (Phi) is 3.55. The van der Waals surface area contributed by atoms with Gasteiger partial charge in [0.1, 0.15) is 5.69 Å². The molecule has 5 heteroatoms. The molecule has 2 aromatic heterocycles. The van der Waals surface area contributed by atoms with Crippen LogP contribution in [0.3, 0.4) is 0 Å². The van der Waals surface area contributed by atoms with Gasteiger partial charge in [0.2, 0.25) is 11.7 Å². The van der Waals surface area contributed by atoms with Crippen molar-refractivity contribution in [2.45, 2.75) is 31.6 Å². The third kappa shape index (κ3) is 2.51. The Balaban J connectivity index is 1.84. The highest BCUT2D eigenvalue weighted by atomic mass is 16.5. The van der Waals surface area contributed by atoms with Crippen molar-refractivity contribution < 1.29 is 4.52 Å². The SMILES string of the molecule is NCC1CCCCC1c1nc(-c2ccccn2)no1. The van der Waals surface area contributed by atoms with Crippen molar-refractivity contribution in [1.82, 2.24) is 15.1 Å². The summed E-state index contributed by atoms with van der Waals surface area (Å²) in [4.78, 5) is 8.74. The maximum Gasteiger partial charge on any atom is 0.230 e. The molecule has 19 heavy (non-hydrogen) atoms. The summed E-state index contributed by atoms with van der Waals surface area (Å²) in [5.74, 6) is 2.06.